The number of halogens is 1. The van der Waals surface area contributed by atoms with Crippen molar-refractivity contribution in [3.8, 4) is 0 Å². The van der Waals surface area contributed by atoms with Crippen LogP contribution in [-0.2, 0) is 10.0 Å². The standard InChI is InChI=1S/C12H15BrN2O3S/c1-8(16)11-6-10(2-3-12(11)13)19(17,18)15-9-4-5-14-7-9/h2-3,6,9,14-15H,4-5,7H2,1H3/t9-/m1/s1. The summed E-state index contributed by atoms with van der Waals surface area (Å²) in [6.07, 6.45) is 0.773. The molecule has 5 nitrogen and oxygen atoms in total. The van der Waals surface area contributed by atoms with Gasteiger partial charge in [0.2, 0.25) is 10.0 Å². The topological polar surface area (TPSA) is 75.3 Å². The minimum Gasteiger partial charge on any atom is -0.315 e. The largest absolute Gasteiger partial charge is 0.315 e. The normalized spacial score (nSPS) is 19.6. The molecule has 0 bridgehead atoms. The lowest BCUT2D eigenvalue weighted by atomic mass is 10.1. The number of nitrogens with one attached hydrogen (secondary N) is 2. The zero-order valence-corrected chi connectivity index (χ0v) is 12.8. The summed E-state index contributed by atoms with van der Waals surface area (Å²) in [7, 11) is -3.58. The summed E-state index contributed by atoms with van der Waals surface area (Å²) in [6.45, 7) is 2.85. The molecule has 1 aromatic rings. The first-order chi connectivity index (χ1) is 8.90. The average molecular weight is 347 g/mol. The molecule has 1 aliphatic heterocycles. The molecule has 7 heteroatoms. The van der Waals surface area contributed by atoms with Crippen molar-refractivity contribution in [2.24, 2.45) is 0 Å². The number of sulfonamides is 1. The van der Waals surface area contributed by atoms with Gasteiger partial charge in [0.1, 0.15) is 0 Å². The lowest BCUT2D eigenvalue weighted by Gasteiger charge is -2.13. The summed E-state index contributed by atoms with van der Waals surface area (Å²) in [5, 5.41) is 3.10. The molecule has 0 amide bonds. The monoisotopic (exact) mass is 346 g/mol. The van der Waals surface area contributed by atoms with Gasteiger partial charge in [0.05, 0.1) is 4.90 Å². The summed E-state index contributed by atoms with van der Waals surface area (Å²) < 4.78 is 27.7. The fourth-order valence-electron chi connectivity index (χ4n) is 1.98. The Morgan fingerprint density at radius 3 is 2.79 bits per heavy atom. The second-order valence-electron chi connectivity index (χ2n) is 4.51. The van der Waals surface area contributed by atoms with Crippen molar-refractivity contribution in [3.05, 3.63) is 28.2 Å². The van der Waals surface area contributed by atoms with Gasteiger partial charge in [-0.2, -0.15) is 0 Å². The molecule has 1 saturated heterocycles. The first kappa shape index (κ1) is 14.6. The van der Waals surface area contributed by atoms with E-state index in [1.807, 2.05) is 0 Å². The van der Waals surface area contributed by atoms with Gasteiger partial charge in [0, 0.05) is 22.6 Å². The van der Waals surface area contributed by atoms with E-state index >= 15 is 0 Å². The van der Waals surface area contributed by atoms with Crippen LogP contribution in [0.15, 0.2) is 27.6 Å². The van der Waals surface area contributed by atoms with Crippen LogP contribution in [0.2, 0.25) is 0 Å². The zero-order valence-electron chi connectivity index (χ0n) is 10.4. The molecule has 1 aliphatic rings. The van der Waals surface area contributed by atoms with Gasteiger partial charge in [0.25, 0.3) is 0 Å². The number of ketones is 1. The van der Waals surface area contributed by atoms with Crippen molar-refractivity contribution >= 4 is 31.7 Å². The molecule has 0 spiro atoms. The van der Waals surface area contributed by atoms with Crippen LogP contribution in [0.1, 0.15) is 23.7 Å². The quantitative estimate of drug-likeness (QED) is 0.805. The third-order valence-electron chi connectivity index (χ3n) is 3.01. The molecule has 1 atom stereocenters. The first-order valence-corrected chi connectivity index (χ1v) is 8.21. The van der Waals surface area contributed by atoms with Gasteiger partial charge in [-0.15, -0.1) is 0 Å². The molecule has 2 N–H and O–H groups in total. The molecule has 0 aliphatic carbocycles. The Balaban J connectivity index is 2.29. The minimum atomic E-state index is -3.58. The third kappa shape index (κ3) is 3.42. The van der Waals surface area contributed by atoms with Crippen LogP contribution in [0.4, 0.5) is 0 Å². The summed E-state index contributed by atoms with van der Waals surface area (Å²) in [6, 6.07) is 4.38. The van der Waals surface area contributed by atoms with E-state index in [0.717, 1.165) is 13.0 Å². The molecule has 0 saturated carbocycles. The van der Waals surface area contributed by atoms with Crippen LogP contribution >= 0.6 is 15.9 Å². The molecule has 104 valence electrons. The minimum absolute atomic E-state index is 0.0885. The number of carbonyl (C=O) groups excluding carboxylic acids is 1. The van der Waals surface area contributed by atoms with Crippen LogP contribution in [0.25, 0.3) is 0 Å². The van der Waals surface area contributed by atoms with E-state index in [0.29, 0.717) is 16.6 Å². The second kappa shape index (κ2) is 5.70. The van der Waals surface area contributed by atoms with E-state index in [9.17, 15) is 13.2 Å². The molecule has 0 unspecified atom stereocenters. The molecular weight excluding hydrogens is 332 g/mol. The van der Waals surface area contributed by atoms with E-state index in [1.54, 1.807) is 6.07 Å². The summed E-state index contributed by atoms with van der Waals surface area (Å²) in [5.74, 6) is -0.175. The van der Waals surface area contributed by atoms with Gasteiger partial charge >= 0.3 is 0 Å². The Morgan fingerprint density at radius 1 is 1.47 bits per heavy atom. The predicted molar refractivity (Wildman–Crippen MR) is 75.7 cm³/mol. The Hall–Kier alpha value is -0.760. The second-order valence-corrected chi connectivity index (χ2v) is 7.08. The van der Waals surface area contributed by atoms with Crippen molar-refractivity contribution in [3.63, 3.8) is 0 Å². The van der Waals surface area contributed by atoms with E-state index < -0.39 is 10.0 Å². The van der Waals surface area contributed by atoms with Gasteiger partial charge in [0.15, 0.2) is 5.78 Å². The molecular formula is C12H15BrN2O3S. The van der Waals surface area contributed by atoms with Crippen LogP contribution in [0.3, 0.4) is 0 Å². The van der Waals surface area contributed by atoms with Crippen LogP contribution in [0.5, 0.6) is 0 Å². The Bertz CT molecular complexity index is 595. The zero-order chi connectivity index (χ0) is 14.0. The highest BCUT2D eigenvalue weighted by atomic mass is 79.9. The predicted octanol–water partition coefficient (Wildman–Crippen LogP) is 1.29. The molecule has 19 heavy (non-hydrogen) atoms. The maximum atomic E-state index is 12.2. The molecule has 0 radical (unpaired) electrons. The summed E-state index contributed by atoms with van der Waals surface area (Å²) in [4.78, 5) is 11.6. The number of carbonyl (C=O) groups is 1. The Kier molecular flexibility index (Phi) is 4.39. The van der Waals surface area contributed by atoms with Gasteiger partial charge in [-0.05, 0) is 38.1 Å². The highest BCUT2D eigenvalue weighted by Gasteiger charge is 2.23. The Morgan fingerprint density at radius 2 is 2.21 bits per heavy atom. The van der Waals surface area contributed by atoms with E-state index in [4.69, 9.17) is 0 Å². The lowest BCUT2D eigenvalue weighted by Crippen LogP contribution is -2.36. The average Bonchev–Trinajstić information content (AvgIpc) is 2.80. The third-order valence-corrected chi connectivity index (χ3v) is 5.22. The van der Waals surface area contributed by atoms with Gasteiger partial charge < -0.3 is 5.32 Å². The van der Waals surface area contributed by atoms with Gasteiger partial charge in [-0.25, -0.2) is 13.1 Å². The first-order valence-electron chi connectivity index (χ1n) is 5.94. The number of Topliss-reactive ketones (excluding diaryl/α,β-unsaturated/α-hetero) is 1. The van der Waals surface area contributed by atoms with Crippen molar-refractivity contribution in [2.75, 3.05) is 13.1 Å². The van der Waals surface area contributed by atoms with Crippen molar-refractivity contribution < 1.29 is 13.2 Å². The SMILES string of the molecule is CC(=O)c1cc(S(=O)(=O)N[C@@H]2CCNC2)ccc1Br. The Labute approximate surface area is 121 Å². The van der Waals surface area contributed by atoms with E-state index in [2.05, 4.69) is 26.0 Å². The molecule has 1 aromatic carbocycles. The molecule has 1 heterocycles. The molecule has 2 rings (SSSR count). The fourth-order valence-corrected chi connectivity index (χ4v) is 3.81. The van der Waals surface area contributed by atoms with Crippen LogP contribution in [0, 0.1) is 0 Å². The number of rotatable bonds is 4. The smallest absolute Gasteiger partial charge is 0.240 e. The number of benzene rings is 1. The van der Waals surface area contributed by atoms with Gasteiger partial charge in [-0.1, -0.05) is 15.9 Å². The summed E-state index contributed by atoms with van der Waals surface area (Å²) in [5.41, 5.74) is 0.368. The van der Waals surface area contributed by atoms with E-state index in [1.165, 1.54) is 19.1 Å². The lowest BCUT2D eigenvalue weighted by molar-refractivity contribution is 0.101. The number of hydrogen-bond acceptors (Lipinski definition) is 4. The summed E-state index contributed by atoms with van der Waals surface area (Å²) >= 11 is 3.24. The highest BCUT2D eigenvalue weighted by molar-refractivity contribution is 9.10. The van der Waals surface area contributed by atoms with Crippen LogP contribution in [-0.4, -0.2) is 33.3 Å². The van der Waals surface area contributed by atoms with Crippen molar-refractivity contribution in [1.29, 1.82) is 0 Å². The fraction of sp³-hybridized carbons (Fsp3) is 0.417. The van der Waals surface area contributed by atoms with Crippen molar-refractivity contribution in [1.82, 2.24) is 10.0 Å². The van der Waals surface area contributed by atoms with E-state index in [-0.39, 0.29) is 16.7 Å². The van der Waals surface area contributed by atoms with Crippen molar-refractivity contribution in [2.45, 2.75) is 24.3 Å². The molecule has 1 fully saturated rings. The van der Waals surface area contributed by atoms with Gasteiger partial charge in [-0.3, -0.25) is 4.79 Å². The molecule has 0 aromatic heterocycles. The van der Waals surface area contributed by atoms with Crippen LogP contribution < -0.4 is 10.0 Å². The maximum Gasteiger partial charge on any atom is 0.240 e. The maximum absolute atomic E-state index is 12.2. The highest BCUT2D eigenvalue weighted by Crippen LogP contribution is 2.22. The number of hydrogen-bond donors (Lipinski definition) is 2.